The quantitative estimate of drug-likeness (QED) is 0.724. The molecule has 1 heterocycles. The Morgan fingerprint density at radius 3 is 2.62 bits per heavy atom. The highest BCUT2D eigenvalue weighted by molar-refractivity contribution is 6.04. The van der Waals surface area contributed by atoms with Crippen molar-refractivity contribution < 1.29 is 19.5 Å². The molecule has 1 unspecified atom stereocenters. The Balaban J connectivity index is 1.55. The molecule has 29 heavy (non-hydrogen) atoms. The van der Waals surface area contributed by atoms with Crippen LogP contribution in [0.2, 0.25) is 0 Å². The van der Waals surface area contributed by atoms with Crippen LogP contribution in [0.3, 0.4) is 0 Å². The maximum absolute atomic E-state index is 12.4. The van der Waals surface area contributed by atoms with Gasteiger partial charge in [-0.25, -0.2) is 4.79 Å². The van der Waals surface area contributed by atoms with Gasteiger partial charge in [0.05, 0.1) is 5.92 Å². The maximum Gasteiger partial charge on any atom is 0.317 e. The van der Waals surface area contributed by atoms with Crippen molar-refractivity contribution in [2.24, 2.45) is 5.92 Å². The number of piperidine rings is 1. The number of carbonyl (C=O) groups is 3. The normalized spacial score (nSPS) is 16.2. The molecule has 1 aliphatic heterocycles. The number of carboxylic acid groups (broad SMARTS) is 1. The molecule has 1 fully saturated rings. The van der Waals surface area contributed by atoms with Crippen LogP contribution in [-0.4, -0.2) is 41.0 Å². The number of rotatable bonds is 5. The van der Waals surface area contributed by atoms with Gasteiger partial charge in [-0.2, -0.15) is 0 Å². The van der Waals surface area contributed by atoms with Gasteiger partial charge in [0.25, 0.3) is 5.91 Å². The van der Waals surface area contributed by atoms with Crippen molar-refractivity contribution in [3.05, 3.63) is 65.2 Å². The highest BCUT2D eigenvalue weighted by Crippen LogP contribution is 2.17. The van der Waals surface area contributed by atoms with Crippen molar-refractivity contribution >= 4 is 23.6 Å². The molecule has 1 atom stereocenters. The van der Waals surface area contributed by atoms with Crippen molar-refractivity contribution in [3.8, 4) is 0 Å². The zero-order valence-electron chi connectivity index (χ0n) is 16.4. The van der Waals surface area contributed by atoms with Crippen molar-refractivity contribution in [3.63, 3.8) is 0 Å². The molecule has 0 spiro atoms. The van der Waals surface area contributed by atoms with E-state index in [1.54, 1.807) is 23.1 Å². The average Bonchev–Trinajstić information content (AvgIpc) is 2.73. The number of nitrogens with one attached hydrogen (secondary N) is 2. The first-order chi connectivity index (χ1) is 13.9. The number of aryl methyl sites for hydroxylation is 1. The molecule has 7 heteroatoms. The lowest BCUT2D eigenvalue weighted by Crippen LogP contribution is -2.46. The van der Waals surface area contributed by atoms with E-state index in [2.05, 4.69) is 10.6 Å². The smallest absolute Gasteiger partial charge is 0.317 e. The van der Waals surface area contributed by atoms with E-state index in [1.165, 1.54) is 0 Å². The maximum atomic E-state index is 12.4. The number of likely N-dealkylation sites (tertiary alicyclic amines) is 1. The van der Waals surface area contributed by atoms with Crippen molar-refractivity contribution in [2.75, 3.05) is 18.4 Å². The van der Waals surface area contributed by atoms with E-state index >= 15 is 0 Å². The fraction of sp³-hybridized carbons (Fsp3) is 0.318. The van der Waals surface area contributed by atoms with Crippen LogP contribution in [0, 0.1) is 12.8 Å². The van der Waals surface area contributed by atoms with Crippen LogP contribution < -0.4 is 10.6 Å². The summed E-state index contributed by atoms with van der Waals surface area (Å²) in [4.78, 5) is 37.4. The summed E-state index contributed by atoms with van der Waals surface area (Å²) in [5, 5.41) is 14.8. The van der Waals surface area contributed by atoms with Gasteiger partial charge in [0.1, 0.15) is 0 Å². The minimum absolute atomic E-state index is 0.195. The number of carbonyl (C=O) groups excluding carboxylic acids is 2. The molecule has 1 aliphatic rings. The third-order valence-electron chi connectivity index (χ3n) is 5.00. The molecule has 2 aromatic rings. The lowest BCUT2D eigenvalue weighted by atomic mass is 9.99. The summed E-state index contributed by atoms with van der Waals surface area (Å²) in [6, 6.07) is 14.3. The van der Waals surface area contributed by atoms with Crippen LogP contribution in [0.1, 0.15) is 34.3 Å². The first-order valence-electron chi connectivity index (χ1n) is 9.65. The summed E-state index contributed by atoms with van der Waals surface area (Å²) in [5.41, 5.74) is 3.15. The van der Waals surface area contributed by atoms with Crippen LogP contribution in [0.5, 0.6) is 0 Å². The Morgan fingerprint density at radius 1 is 1.14 bits per heavy atom. The van der Waals surface area contributed by atoms with E-state index in [0.29, 0.717) is 37.2 Å². The van der Waals surface area contributed by atoms with Crippen LogP contribution in [-0.2, 0) is 11.3 Å². The molecule has 1 saturated heterocycles. The zero-order valence-corrected chi connectivity index (χ0v) is 16.4. The molecule has 2 aromatic carbocycles. The minimum Gasteiger partial charge on any atom is -0.481 e. The molecule has 0 bridgehead atoms. The van der Waals surface area contributed by atoms with E-state index in [4.69, 9.17) is 5.11 Å². The minimum atomic E-state index is -0.862. The fourth-order valence-corrected chi connectivity index (χ4v) is 3.32. The van der Waals surface area contributed by atoms with E-state index < -0.39 is 11.9 Å². The summed E-state index contributed by atoms with van der Waals surface area (Å²) >= 11 is 0. The predicted octanol–water partition coefficient (Wildman–Crippen LogP) is 3.25. The Morgan fingerprint density at radius 2 is 1.90 bits per heavy atom. The van der Waals surface area contributed by atoms with Crippen LogP contribution >= 0.6 is 0 Å². The monoisotopic (exact) mass is 395 g/mol. The van der Waals surface area contributed by atoms with Crippen LogP contribution in [0.15, 0.2) is 48.5 Å². The van der Waals surface area contributed by atoms with Crippen molar-refractivity contribution in [1.29, 1.82) is 0 Å². The summed E-state index contributed by atoms with van der Waals surface area (Å²) in [7, 11) is 0. The molecule has 0 aromatic heterocycles. The topological polar surface area (TPSA) is 98.7 Å². The molecule has 152 valence electrons. The largest absolute Gasteiger partial charge is 0.481 e. The van der Waals surface area contributed by atoms with Gasteiger partial charge in [-0.1, -0.05) is 29.8 Å². The highest BCUT2D eigenvalue weighted by atomic mass is 16.4. The van der Waals surface area contributed by atoms with Gasteiger partial charge in [0.2, 0.25) is 0 Å². The summed E-state index contributed by atoms with van der Waals surface area (Å²) in [6.45, 7) is 3.04. The fourth-order valence-electron chi connectivity index (χ4n) is 3.32. The third kappa shape index (κ3) is 5.57. The number of carboxylic acids is 1. The third-order valence-corrected chi connectivity index (χ3v) is 5.00. The van der Waals surface area contributed by atoms with Gasteiger partial charge < -0.3 is 20.6 Å². The molecular formula is C22H25N3O4. The van der Waals surface area contributed by atoms with Gasteiger partial charge in [-0.3, -0.25) is 9.59 Å². The number of aliphatic carboxylic acids is 1. The van der Waals surface area contributed by atoms with Crippen LogP contribution in [0.4, 0.5) is 10.5 Å². The number of anilines is 1. The van der Waals surface area contributed by atoms with E-state index in [1.807, 2.05) is 37.3 Å². The Kier molecular flexibility index (Phi) is 6.49. The first-order valence-corrected chi connectivity index (χ1v) is 9.65. The summed E-state index contributed by atoms with van der Waals surface area (Å²) in [6.07, 6.45) is 1.28. The number of hydrogen-bond donors (Lipinski definition) is 3. The van der Waals surface area contributed by atoms with Crippen LogP contribution in [0.25, 0.3) is 0 Å². The van der Waals surface area contributed by atoms with Gasteiger partial charge in [0, 0.05) is 30.9 Å². The first kappa shape index (κ1) is 20.4. The number of urea groups is 1. The number of nitrogens with zero attached hydrogens (tertiary/aromatic N) is 1. The van der Waals surface area contributed by atoms with E-state index in [0.717, 1.165) is 11.1 Å². The molecule has 0 radical (unpaired) electrons. The number of amides is 3. The molecule has 0 saturated carbocycles. The lowest BCUT2D eigenvalue weighted by molar-refractivity contribution is -0.143. The number of hydrogen-bond acceptors (Lipinski definition) is 3. The van der Waals surface area contributed by atoms with Gasteiger partial charge >= 0.3 is 12.0 Å². The van der Waals surface area contributed by atoms with Gasteiger partial charge in [-0.15, -0.1) is 0 Å². The van der Waals surface area contributed by atoms with E-state index in [9.17, 15) is 14.4 Å². The Hall–Kier alpha value is -3.35. The second-order valence-electron chi connectivity index (χ2n) is 7.30. The Bertz CT molecular complexity index is 895. The van der Waals surface area contributed by atoms with E-state index in [-0.39, 0.29) is 18.5 Å². The SMILES string of the molecule is Cc1ccc(C(=O)Nc2cccc(CNC(=O)N3CCCC(C(=O)O)C3)c2)cc1. The molecule has 7 nitrogen and oxygen atoms in total. The van der Waals surface area contributed by atoms with Crippen molar-refractivity contribution in [1.82, 2.24) is 10.2 Å². The second-order valence-corrected chi connectivity index (χ2v) is 7.30. The Labute approximate surface area is 169 Å². The summed E-state index contributed by atoms with van der Waals surface area (Å²) < 4.78 is 0. The van der Waals surface area contributed by atoms with Crippen molar-refractivity contribution in [2.45, 2.75) is 26.3 Å². The zero-order chi connectivity index (χ0) is 20.8. The standard InChI is InChI=1S/C22H25N3O4/c1-15-7-9-17(10-8-15)20(26)24-19-6-2-4-16(12-19)13-23-22(29)25-11-3-5-18(14-25)21(27)28/h2,4,6-10,12,18H,3,5,11,13-14H2,1H3,(H,23,29)(H,24,26)(H,27,28). The highest BCUT2D eigenvalue weighted by Gasteiger charge is 2.27. The molecular weight excluding hydrogens is 370 g/mol. The number of benzene rings is 2. The molecule has 3 amide bonds. The van der Waals surface area contributed by atoms with Gasteiger partial charge in [-0.05, 0) is 49.6 Å². The summed E-state index contributed by atoms with van der Waals surface area (Å²) in [5.74, 6) is -1.56. The predicted molar refractivity (Wildman–Crippen MR) is 110 cm³/mol. The lowest BCUT2D eigenvalue weighted by Gasteiger charge is -2.30. The molecule has 0 aliphatic carbocycles. The molecule has 3 N–H and O–H groups in total. The second kappa shape index (κ2) is 9.23. The average molecular weight is 395 g/mol. The van der Waals surface area contributed by atoms with Gasteiger partial charge in [0.15, 0.2) is 0 Å². The molecule has 3 rings (SSSR count).